The van der Waals surface area contributed by atoms with E-state index in [2.05, 4.69) is 19.9 Å². The zero-order chi connectivity index (χ0) is 37.5. The normalized spacial score (nSPS) is 11.8. The van der Waals surface area contributed by atoms with Crippen molar-refractivity contribution in [2.45, 2.75) is 23.4 Å². The highest BCUT2D eigenvalue weighted by atomic mass is 35.5. The lowest BCUT2D eigenvalue weighted by Crippen LogP contribution is -2.21. The molecule has 0 radical (unpaired) electrons. The summed E-state index contributed by atoms with van der Waals surface area (Å²) < 4.78 is 165. The van der Waals surface area contributed by atoms with E-state index in [0.717, 1.165) is 23.6 Å². The zero-order valence-corrected chi connectivity index (χ0v) is 25.2. The molecule has 25 heteroatoms. The lowest BCUT2D eigenvalue weighted by Gasteiger charge is -2.17. The number of aromatic nitrogens is 3. The quantitative estimate of drug-likeness (QED) is 0.168. The second-order valence-corrected chi connectivity index (χ2v) is 11.1. The summed E-state index contributed by atoms with van der Waals surface area (Å²) in [5.74, 6) is -9.50. The van der Waals surface area contributed by atoms with Gasteiger partial charge in [-0.05, 0) is 24.3 Å². The van der Waals surface area contributed by atoms with Crippen molar-refractivity contribution in [3.8, 4) is 22.6 Å². The summed E-state index contributed by atoms with van der Waals surface area (Å²) in [6.45, 7) is 0. The first-order valence-corrected chi connectivity index (χ1v) is 14.5. The van der Waals surface area contributed by atoms with E-state index in [4.69, 9.17) is 36.1 Å². The van der Waals surface area contributed by atoms with Gasteiger partial charge in [-0.2, -0.15) is 49.7 Å². The maximum absolute atomic E-state index is 14.8. The molecule has 3 N–H and O–H groups in total. The highest BCUT2D eigenvalue weighted by Crippen LogP contribution is 2.42. The van der Waals surface area contributed by atoms with Crippen LogP contribution in [0.3, 0.4) is 0 Å². The number of hydrogen-bond donors (Lipinski definition) is 3. The van der Waals surface area contributed by atoms with Gasteiger partial charge in [-0.1, -0.05) is 11.6 Å². The molecule has 49 heavy (non-hydrogen) atoms. The van der Waals surface area contributed by atoms with Crippen LogP contribution in [0, 0.1) is 11.6 Å². The van der Waals surface area contributed by atoms with Crippen molar-refractivity contribution in [3.05, 3.63) is 75.8 Å². The molecule has 0 amide bonds. The first-order chi connectivity index (χ1) is 22.3. The number of nitrogens with one attached hydrogen (secondary N) is 1. The minimum absolute atomic E-state index is 0.0487. The molecule has 266 valence electrons. The fourth-order valence-corrected chi connectivity index (χ4v) is 4.81. The van der Waals surface area contributed by atoms with Crippen molar-refractivity contribution in [3.63, 3.8) is 0 Å². The van der Waals surface area contributed by atoms with Gasteiger partial charge in [0, 0.05) is 22.6 Å². The first-order valence-electron chi connectivity index (χ1n) is 11.7. The van der Waals surface area contributed by atoms with E-state index in [1.54, 1.807) is 0 Å². The van der Waals surface area contributed by atoms with E-state index in [0.29, 0.717) is 18.2 Å². The van der Waals surface area contributed by atoms with Crippen LogP contribution in [0.5, 0.6) is 11.5 Å². The predicted octanol–water partition coefficient (Wildman–Crippen LogP) is 7.41. The fraction of sp³-hybridized carbons (Fsp3) is 0.125. The zero-order valence-electron chi connectivity index (χ0n) is 22.8. The topological polar surface area (TPSA) is 169 Å². The summed E-state index contributed by atoms with van der Waals surface area (Å²) in [7, 11) is -4.44. The largest absolute Gasteiger partial charge is 0.490 e. The molecule has 0 aliphatic rings. The van der Waals surface area contributed by atoms with Crippen molar-refractivity contribution in [2.75, 3.05) is 4.72 Å². The van der Waals surface area contributed by atoms with Gasteiger partial charge in [-0.25, -0.2) is 31.8 Å². The minimum atomic E-state index is -5.08. The van der Waals surface area contributed by atoms with Gasteiger partial charge in [0.1, 0.15) is 28.0 Å². The predicted molar refractivity (Wildman–Crippen MR) is 144 cm³/mol. The third-order valence-corrected chi connectivity index (χ3v) is 7.17. The van der Waals surface area contributed by atoms with Crippen LogP contribution >= 0.6 is 22.9 Å². The highest BCUT2D eigenvalue weighted by Gasteiger charge is 2.39. The Morgan fingerprint density at radius 2 is 1.43 bits per heavy atom. The number of halogens is 12. The molecule has 2 aromatic carbocycles. The van der Waals surface area contributed by atoms with Crippen LogP contribution < -0.4 is 9.46 Å². The number of rotatable bonds is 6. The average molecular weight is 777 g/mol. The summed E-state index contributed by atoms with van der Waals surface area (Å²) in [6.07, 6.45) is -12.9. The molecule has 0 aliphatic carbocycles. The number of alkyl halides is 9. The fourth-order valence-electron chi connectivity index (χ4n) is 2.90. The Labute approximate surface area is 273 Å². The van der Waals surface area contributed by atoms with Gasteiger partial charge in [0.25, 0.3) is 10.0 Å². The monoisotopic (exact) mass is 776 g/mol. The van der Waals surface area contributed by atoms with Crippen LogP contribution in [-0.2, 0) is 25.8 Å². The SMILES string of the molecule is O=C(O)C(F)(F)F.O=C(O)C(F)(F)F.O=S(=O)(Nc1cscn1)c1cc(Cl)c(Oc2cc(C(F)(F)F)c(F)cc2-c2ccnnc2)cc1F. The molecule has 4 aromatic rings. The van der Waals surface area contributed by atoms with Gasteiger partial charge in [0.15, 0.2) is 5.82 Å². The minimum Gasteiger partial charge on any atom is -0.475 e. The molecule has 0 saturated carbocycles. The summed E-state index contributed by atoms with van der Waals surface area (Å²) in [6, 6.07) is 3.61. The lowest BCUT2D eigenvalue weighted by atomic mass is 10.0. The number of anilines is 1. The van der Waals surface area contributed by atoms with Gasteiger partial charge in [0.05, 0.1) is 28.5 Å². The third-order valence-electron chi connectivity index (χ3n) is 4.92. The maximum atomic E-state index is 14.8. The molecular weight excluding hydrogens is 765 g/mol. The second kappa shape index (κ2) is 15.6. The van der Waals surface area contributed by atoms with Crippen molar-refractivity contribution < 1.29 is 81.3 Å². The standard InChI is InChI=1S/C20H10ClF5N4O3S2.2C2HF3O2/c21-13-5-18(35(31,32)30-19-8-34-9-27-19)15(23)6-17(13)33-16-4-12(20(24,25)26)14(22)3-11(16)10-1-2-28-29-7-10;2*3-2(4,5)1(6)7/h1-9,30H;2*(H,6,7). The molecule has 2 heterocycles. The Kier molecular flexibility index (Phi) is 12.8. The number of aliphatic carboxylic acids is 2. The highest BCUT2D eigenvalue weighted by molar-refractivity contribution is 7.92. The van der Waals surface area contributed by atoms with E-state index < -0.39 is 79.1 Å². The molecule has 0 spiro atoms. The van der Waals surface area contributed by atoms with Gasteiger partial charge in [-0.15, -0.1) is 11.3 Å². The van der Waals surface area contributed by atoms with E-state index >= 15 is 0 Å². The number of carboxylic acids is 2. The summed E-state index contributed by atoms with van der Waals surface area (Å²) in [5, 5.41) is 22.3. The Morgan fingerprint density at radius 3 is 1.88 bits per heavy atom. The van der Waals surface area contributed by atoms with Crippen LogP contribution in [0.15, 0.2) is 58.5 Å². The van der Waals surface area contributed by atoms with Crippen molar-refractivity contribution in [1.82, 2.24) is 15.2 Å². The molecular formula is C24H12ClF11N4O7S2. The third kappa shape index (κ3) is 11.7. The molecule has 0 aliphatic heterocycles. The summed E-state index contributed by atoms with van der Waals surface area (Å²) in [4.78, 5) is 20.7. The van der Waals surface area contributed by atoms with Crippen molar-refractivity contribution in [2.24, 2.45) is 0 Å². The number of benzene rings is 2. The van der Waals surface area contributed by atoms with Crippen molar-refractivity contribution >= 4 is 50.7 Å². The summed E-state index contributed by atoms with van der Waals surface area (Å²) >= 11 is 7.18. The Hall–Kier alpha value is -4.84. The number of carboxylic acid groups (broad SMARTS) is 2. The Balaban J connectivity index is 0.000000500. The van der Waals surface area contributed by atoms with Crippen LogP contribution in [-0.4, -0.2) is 58.1 Å². The van der Waals surface area contributed by atoms with Crippen LogP contribution in [0.2, 0.25) is 5.02 Å². The van der Waals surface area contributed by atoms with E-state index in [1.165, 1.54) is 23.2 Å². The number of carbonyl (C=O) groups is 2. The average Bonchev–Trinajstić information content (AvgIpc) is 3.47. The smallest absolute Gasteiger partial charge is 0.475 e. The number of ether oxygens (including phenoxy) is 1. The maximum Gasteiger partial charge on any atom is 0.490 e. The van der Waals surface area contributed by atoms with Gasteiger partial charge >= 0.3 is 30.5 Å². The molecule has 0 saturated heterocycles. The van der Waals surface area contributed by atoms with Gasteiger partial charge in [0.2, 0.25) is 0 Å². The molecule has 0 fully saturated rings. The number of nitrogens with zero attached hydrogens (tertiary/aromatic N) is 3. The van der Waals surface area contributed by atoms with Crippen LogP contribution in [0.1, 0.15) is 5.56 Å². The van der Waals surface area contributed by atoms with E-state index in [9.17, 15) is 56.7 Å². The number of sulfonamides is 1. The molecule has 4 rings (SSSR count). The van der Waals surface area contributed by atoms with Gasteiger partial charge in [-0.3, -0.25) is 4.72 Å². The molecule has 0 unspecified atom stereocenters. The first kappa shape index (κ1) is 40.3. The Bertz CT molecular complexity index is 1870. The van der Waals surface area contributed by atoms with Crippen LogP contribution in [0.4, 0.5) is 54.1 Å². The molecule has 0 bridgehead atoms. The molecule has 11 nitrogen and oxygen atoms in total. The van der Waals surface area contributed by atoms with E-state index in [-0.39, 0.29) is 16.9 Å². The molecule has 2 aromatic heterocycles. The second-order valence-electron chi connectivity index (χ2n) is 8.36. The van der Waals surface area contributed by atoms with Crippen LogP contribution in [0.25, 0.3) is 11.1 Å². The number of hydrogen-bond acceptors (Lipinski definition) is 9. The van der Waals surface area contributed by atoms with Gasteiger partial charge < -0.3 is 14.9 Å². The summed E-state index contributed by atoms with van der Waals surface area (Å²) in [5.41, 5.74) is -0.303. The molecule has 0 atom stereocenters. The van der Waals surface area contributed by atoms with E-state index in [1.807, 2.05) is 0 Å². The Morgan fingerprint density at radius 1 is 0.857 bits per heavy atom. The lowest BCUT2D eigenvalue weighted by molar-refractivity contribution is -0.193. The van der Waals surface area contributed by atoms with Crippen molar-refractivity contribution in [1.29, 1.82) is 0 Å². The number of thiazole rings is 1.